The standard InChI is InChI=1S/C20H21ClFN3O5S/c1-24(12-31(29)30)16-3-2-4-17(10-16)25-6-5-20(28,19(25)27)18(26)23-11-13-7-14(21)9-15(22)8-13/h2-4,7-10,28H,5-6,11-12H2,1H3,(H,23,26)(H,29,30)/t20-/m0/s1. The van der Waals surface area contributed by atoms with Crippen molar-refractivity contribution in [3.8, 4) is 0 Å². The molecule has 3 N–H and O–H groups in total. The van der Waals surface area contributed by atoms with Crippen molar-refractivity contribution in [1.82, 2.24) is 5.32 Å². The number of aliphatic hydroxyl groups is 1. The summed E-state index contributed by atoms with van der Waals surface area (Å²) in [6.07, 6.45) is -0.123. The molecule has 0 saturated carbocycles. The van der Waals surface area contributed by atoms with E-state index in [1.165, 1.54) is 17.0 Å². The van der Waals surface area contributed by atoms with Crippen LogP contribution in [0.5, 0.6) is 0 Å². The highest BCUT2D eigenvalue weighted by atomic mass is 35.5. The Balaban J connectivity index is 1.72. The molecule has 1 fully saturated rings. The number of anilines is 2. The molecule has 3 rings (SSSR count). The fourth-order valence-corrected chi connectivity index (χ4v) is 4.07. The Morgan fingerprint density at radius 3 is 2.77 bits per heavy atom. The molecule has 2 aromatic rings. The Hall–Kier alpha value is -2.53. The van der Waals surface area contributed by atoms with Crippen molar-refractivity contribution < 1.29 is 27.8 Å². The fourth-order valence-electron chi connectivity index (χ4n) is 3.34. The maximum absolute atomic E-state index is 13.4. The van der Waals surface area contributed by atoms with Crippen molar-refractivity contribution in [2.24, 2.45) is 0 Å². The first kappa shape index (κ1) is 23.1. The number of nitrogens with one attached hydrogen (secondary N) is 1. The topological polar surface area (TPSA) is 110 Å². The summed E-state index contributed by atoms with van der Waals surface area (Å²) in [4.78, 5) is 28.3. The third-order valence-electron chi connectivity index (χ3n) is 4.93. The number of hydrogen-bond acceptors (Lipinski definition) is 5. The third kappa shape index (κ3) is 5.21. The maximum Gasteiger partial charge on any atom is 0.268 e. The van der Waals surface area contributed by atoms with Gasteiger partial charge in [0.25, 0.3) is 11.8 Å². The van der Waals surface area contributed by atoms with Crippen molar-refractivity contribution in [2.75, 3.05) is 29.3 Å². The van der Waals surface area contributed by atoms with Crippen molar-refractivity contribution in [1.29, 1.82) is 0 Å². The van der Waals surface area contributed by atoms with E-state index >= 15 is 0 Å². The van der Waals surface area contributed by atoms with Gasteiger partial charge in [0, 0.05) is 43.0 Å². The quantitative estimate of drug-likeness (QED) is 0.422. The molecule has 0 bridgehead atoms. The molecule has 0 radical (unpaired) electrons. The minimum Gasteiger partial charge on any atom is -0.372 e. The van der Waals surface area contributed by atoms with Crippen LogP contribution in [0.1, 0.15) is 12.0 Å². The number of nitrogens with zero attached hydrogens (tertiary/aromatic N) is 2. The van der Waals surface area contributed by atoms with Crippen molar-refractivity contribution in [2.45, 2.75) is 18.6 Å². The van der Waals surface area contributed by atoms with Crippen LogP contribution < -0.4 is 15.1 Å². The molecular weight excluding hydrogens is 449 g/mol. The van der Waals surface area contributed by atoms with E-state index < -0.39 is 34.3 Å². The van der Waals surface area contributed by atoms with Crippen LogP contribution in [0.15, 0.2) is 42.5 Å². The van der Waals surface area contributed by atoms with Gasteiger partial charge in [-0.05, 0) is 42.0 Å². The zero-order valence-corrected chi connectivity index (χ0v) is 18.1. The Bertz CT molecular complexity index is 1020. The third-order valence-corrected chi connectivity index (χ3v) is 5.76. The van der Waals surface area contributed by atoms with E-state index in [-0.39, 0.29) is 30.4 Å². The van der Waals surface area contributed by atoms with Gasteiger partial charge in [-0.15, -0.1) is 0 Å². The lowest BCUT2D eigenvalue weighted by atomic mass is 10.0. The first-order valence-corrected chi connectivity index (χ1v) is 10.9. The first-order chi connectivity index (χ1) is 14.6. The molecule has 11 heteroatoms. The summed E-state index contributed by atoms with van der Waals surface area (Å²) in [5.74, 6) is -2.35. The van der Waals surface area contributed by atoms with Gasteiger partial charge < -0.3 is 24.8 Å². The van der Waals surface area contributed by atoms with Gasteiger partial charge in [-0.2, -0.15) is 0 Å². The molecule has 1 aliphatic rings. The van der Waals surface area contributed by atoms with Crippen molar-refractivity contribution in [3.05, 3.63) is 58.9 Å². The smallest absolute Gasteiger partial charge is 0.268 e. The minimum absolute atomic E-state index is 0.105. The van der Waals surface area contributed by atoms with Gasteiger partial charge in [-0.3, -0.25) is 9.59 Å². The van der Waals surface area contributed by atoms with E-state index in [2.05, 4.69) is 5.32 Å². The molecule has 1 saturated heterocycles. The second kappa shape index (κ2) is 9.31. The predicted octanol–water partition coefficient (Wildman–Crippen LogP) is 1.88. The normalized spacial score (nSPS) is 19.4. The molecule has 31 heavy (non-hydrogen) atoms. The SMILES string of the molecule is CN(CS(=O)O)c1cccc(N2CC[C@](O)(C(=O)NCc3cc(F)cc(Cl)c3)C2=O)c1. The number of carbonyl (C=O) groups is 2. The molecule has 1 heterocycles. The molecule has 0 aromatic heterocycles. The van der Waals surface area contributed by atoms with Gasteiger partial charge in [-0.25, -0.2) is 8.60 Å². The molecule has 2 atom stereocenters. The Kier molecular flexibility index (Phi) is 6.95. The highest BCUT2D eigenvalue weighted by Crippen LogP contribution is 2.31. The lowest BCUT2D eigenvalue weighted by Crippen LogP contribution is -2.52. The summed E-state index contributed by atoms with van der Waals surface area (Å²) in [6.45, 7) is -0.00186. The first-order valence-electron chi connectivity index (χ1n) is 9.26. The van der Waals surface area contributed by atoms with Gasteiger partial charge in [0.1, 0.15) is 11.7 Å². The molecule has 166 valence electrons. The summed E-state index contributed by atoms with van der Waals surface area (Å²) >= 11 is 3.76. The van der Waals surface area contributed by atoms with Crippen LogP contribution in [-0.2, 0) is 27.2 Å². The second-order valence-electron chi connectivity index (χ2n) is 7.20. The average Bonchev–Trinajstić information content (AvgIpc) is 3.01. The predicted molar refractivity (Wildman–Crippen MR) is 116 cm³/mol. The monoisotopic (exact) mass is 469 g/mol. The molecular formula is C20H21ClFN3O5S. The molecule has 2 amide bonds. The Labute approximate surface area is 185 Å². The lowest BCUT2D eigenvalue weighted by molar-refractivity contribution is -0.149. The Morgan fingerprint density at radius 2 is 2.10 bits per heavy atom. The molecule has 0 aliphatic carbocycles. The van der Waals surface area contributed by atoms with Gasteiger partial charge in [0.2, 0.25) is 5.60 Å². The molecule has 0 spiro atoms. The summed E-state index contributed by atoms with van der Waals surface area (Å²) in [6, 6.07) is 10.4. The van der Waals surface area contributed by atoms with Crippen LogP contribution in [0.3, 0.4) is 0 Å². The minimum atomic E-state index is -2.26. The van der Waals surface area contributed by atoms with Crippen LogP contribution in [0, 0.1) is 5.82 Å². The van der Waals surface area contributed by atoms with Gasteiger partial charge in [0.15, 0.2) is 11.1 Å². The van der Waals surface area contributed by atoms with Gasteiger partial charge in [-0.1, -0.05) is 17.7 Å². The van der Waals surface area contributed by atoms with Crippen molar-refractivity contribution in [3.63, 3.8) is 0 Å². The number of halogens is 2. The zero-order valence-electron chi connectivity index (χ0n) is 16.5. The number of hydrogen-bond donors (Lipinski definition) is 3. The van der Waals surface area contributed by atoms with E-state index in [1.54, 1.807) is 36.2 Å². The summed E-state index contributed by atoms with van der Waals surface area (Å²) in [7, 11) is 1.63. The number of benzene rings is 2. The second-order valence-corrected chi connectivity index (χ2v) is 8.53. The van der Waals surface area contributed by atoms with E-state index in [0.717, 1.165) is 6.07 Å². The number of carbonyl (C=O) groups excluding carboxylic acids is 2. The summed E-state index contributed by atoms with van der Waals surface area (Å²) in [5, 5.41) is 13.4. The molecule has 2 aromatic carbocycles. The fraction of sp³-hybridized carbons (Fsp3) is 0.300. The summed E-state index contributed by atoms with van der Waals surface area (Å²) in [5.41, 5.74) is -0.832. The molecule has 1 unspecified atom stereocenters. The highest BCUT2D eigenvalue weighted by Gasteiger charge is 2.51. The van der Waals surface area contributed by atoms with E-state index in [9.17, 15) is 23.3 Å². The number of rotatable bonds is 7. The number of amides is 2. The van der Waals surface area contributed by atoms with Crippen LogP contribution in [-0.4, -0.2) is 50.8 Å². The zero-order chi connectivity index (χ0) is 22.8. The van der Waals surface area contributed by atoms with Gasteiger partial charge >= 0.3 is 0 Å². The van der Waals surface area contributed by atoms with Crippen LogP contribution in [0.4, 0.5) is 15.8 Å². The maximum atomic E-state index is 13.4. The van der Waals surface area contributed by atoms with E-state index in [4.69, 9.17) is 16.2 Å². The average molecular weight is 470 g/mol. The van der Waals surface area contributed by atoms with Crippen LogP contribution >= 0.6 is 11.6 Å². The van der Waals surface area contributed by atoms with Crippen LogP contribution in [0.2, 0.25) is 5.02 Å². The van der Waals surface area contributed by atoms with Gasteiger partial charge in [0.05, 0.1) is 0 Å². The van der Waals surface area contributed by atoms with E-state index in [0.29, 0.717) is 16.9 Å². The Morgan fingerprint density at radius 1 is 1.35 bits per heavy atom. The molecule has 8 nitrogen and oxygen atoms in total. The lowest BCUT2D eigenvalue weighted by Gasteiger charge is -2.23. The largest absolute Gasteiger partial charge is 0.372 e. The van der Waals surface area contributed by atoms with E-state index in [1.807, 2.05) is 0 Å². The summed E-state index contributed by atoms with van der Waals surface area (Å²) < 4.78 is 33.5. The molecule has 1 aliphatic heterocycles. The highest BCUT2D eigenvalue weighted by molar-refractivity contribution is 7.79. The van der Waals surface area contributed by atoms with Crippen molar-refractivity contribution >= 4 is 45.9 Å². The van der Waals surface area contributed by atoms with Crippen LogP contribution in [0.25, 0.3) is 0 Å².